The number of carbonyl (C=O) groups is 2. The van der Waals surface area contributed by atoms with E-state index in [1.54, 1.807) is 0 Å². The lowest BCUT2D eigenvalue weighted by molar-refractivity contribution is -0.297. The van der Waals surface area contributed by atoms with Crippen LogP contribution in [-0.4, -0.2) is 96.0 Å². The van der Waals surface area contributed by atoms with E-state index < -0.39 is 71.2 Å². The minimum atomic E-state index is -4.60. The Labute approximate surface area is 326 Å². The number of carbonyl (C=O) groups excluding carboxylic acids is 2. The maximum atomic E-state index is 12.7. The van der Waals surface area contributed by atoms with Crippen LogP contribution in [0, 0.1) is 0 Å². The van der Waals surface area contributed by atoms with Crippen molar-refractivity contribution in [3.63, 3.8) is 0 Å². The Morgan fingerprint density at radius 3 is 1.57 bits per heavy atom. The van der Waals surface area contributed by atoms with Gasteiger partial charge in [0, 0.05) is 12.8 Å². The van der Waals surface area contributed by atoms with Gasteiger partial charge in [0.25, 0.3) is 10.1 Å². The summed E-state index contributed by atoms with van der Waals surface area (Å²) < 4.78 is 53.9. The van der Waals surface area contributed by atoms with Gasteiger partial charge >= 0.3 is 11.9 Å². The highest BCUT2D eigenvalue weighted by molar-refractivity contribution is 7.85. The zero-order valence-corrected chi connectivity index (χ0v) is 34.4. The fraction of sp³-hybridized carbons (Fsp3) is 0.902. The lowest BCUT2D eigenvalue weighted by Gasteiger charge is -2.40. The maximum Gasteiger partial charge on any atom is 0.306 e. The highest BCUT2D eigenvalue weighted by Crippen LogP contribution is 2.24. The second-order valence-electron chi connectivity index (χ2n) is 15.0. The lowest BCUT2D eigenvalue weighted by Crippen LogP contribution is -2.60. The standard InChI is InChI=1S/C41H76O12S/c1-3-5-7-9-11-13-15-17-18-20-21-23-25-27-29-36(42)50-31-34(32-51-41-40(46)39(45)38(44)35(53-41)33-54(47,48)49)52-37(43)30-28-26-24-22-19-16-14-12-10-8-6-4-2/h12,14,34-35,38-41,44-46H,3-11,13,15-33H2,1-2H3,(H,47,48,49)/b14-12+/t34-,35-,38-,39?,40?,41+/m1/s1. The first-order chi connectivity index (χ1) is 26.0. The van der Waals surface area contributed by atoms with Crippen LogP contribution in [0.2, 0.25) is 0 Å². The van der Waals surface area contributed by atoms with Crippen molar-refractivity contribution < 1.29 is 56.8 Å². The van der Waals surface area contributed by atoms with Crippen molar-refractivity contribution in [3.8, 4) is 0 Å². The van der Waals surface area contributed by atoms with Crippen LogP contribution in [0.1, 0.15) is 181 Å². The summed E-state index contributed by atoms with van der Waals surface area (Å²) >= 11 is 0. The van der Waals surface area contributed by atoms with Crippen molar-refractivity contribution >= 4 is 22.1 Å². The van der Waals surface area contributed by atoms with Crippen molar-refractivity contribution in [2.24, 2.45) is 0 Å². The van der Waals surface area contributed by atoms with E-state index in [1.807, 2.05) is 0 Å². The third-order valence-corrected chi connectivity index (χ3v) is 10.6. The zero-order chi connectivity index (χ0) is 39.9. The molecule has 1 heterocycles. The number of rotatable bonds is 35. The van der Waals surface area contributed by atoms with Crippen LogP contribution in [0.15, 0.2) is 12.2 Å². The zero-order valence-electron chi connectivity index (χ0n) is 33.6. The molecule has 1 aliphatic rings. The smallest absolute Gasteiger partial charge is 0.306 e. The molecule has 1 aliphatic heterocycles. The van der Waals surface area contributed by atoms with Gasteiger partial charge in [0.15, 0.2) is 12.4 Å². The molecule has 1 saturated heterocycles. The summed E-state index contributed by atoms with van der Waals surface area (Å²) in [6.07, 6.45) is 22.6. The van der Waals surface area contributed by atoms with E-state index in [1.165, 1.54) is 83.5 Å². The number of aliphatic hydroxyl groups is 3. The quantitative estimate of drug-likeness (QED) is 0.0211. The molecule has 318 valence electrons. The van der Waals surface area contributed by atoms with Crippen LogP contribution >= 0.6 is 0 Å². The van der Waals surface area contributed by atoms with Crippen LogP contribution in [0.3, 0.4) is 0 Å². The largest absolute Gasteiger partial charge is 0.462 e. The summed E-state index contributed by atoms with van der Waals surface area (Å²) in [5, 5.41) is 30.8. The van der Waals surface area contributed by atoms with Crippen LogP contribution in [-0.2, 0) is 38.7 Å². The molecule has 4 N–H and O–H groups in total. The van der Waals surface area contributed by atoms with Crippen LogP contribution < -0.4 is 0 Å². The first-order valence-corrected chi connectivity index (χ1v) is 22.9. The molecule has 0 aromatic heterocycles. The number of hydrogen-bond donors (Lipinski definition) is 4. The van der Waals surface area contributed by atoms with Crippen molar-refractivity contribution in [2.75, 3.05) is 19.0 Å². The van der Waals surface area contributed by atoms with Crippen LogP contribution in [0.25, 0.3) is 0 Å². The molecule has 0 spiro atoms. The molecule has 0 radical (unpaired) electrons. The van der Waals surface area contributed by atoms with E-state index >= 15 is 0 Å². The van der Waals surface area contributed by atoms with Gasteiger partial charge in [-0.3, -0.25) is 14.1 Å². The average Bonchev–Trinajstić information content (AvgIpc) is 3.13. The van der Waals surface area contributed by atoms with E-state index in [4.69, 9.17) is 18.9 Å². The molecular weight excluding hydrogens is 717 g/mol. The van der Waals surface area contributed by atoms with Gasteiger partial charge in [-0.05, 0) is 38.5 Å². The average molecular weight is 793 g/mol. The molecule has 12 nitrogen and oxygen atoms in total. The molecule has 54 heavy (non-hydrogen) atoms. The highest BCUT2D eigenvalue weighted by Gasteiger charge is 2.46. The normalized spacial score (nSPS) is 21.0. The number of hydrogen-bond acceptors (Lipinski definition) is 11. The molecule has 0 bridgehead atoms. The first-order valence-electron chi connectivity index (χ1n) is 21.2. The van der Waals surface area contributed by atoms with Crippen molar-refractivity contribution in [2.45, 2.75) is 218 Å². The van der Waals surface area contributed by atoms with Gasteiger partial charge in [0.05, 0.1) is 6.61 Å². The summed E-state index contributed by atoms with van der Waals surface area (Å²) in [6, 6.07) is 0. The van der Waals surface area contributed by atoms with Gasteiger partial charge in [-0.15, -0.1) is 0 Å². The third-order valence-electron chi connectivity index (χ3n) is 9.85. The predicted molar refractivity (Wildman–Crippen MR) is 210 cm³/mol. The molecule has 2 unspecified atom stereocenters. The Morgan fingerprint density at radius 1 is 0.611 bits per heavy atom. The molecule has 6 atom stereocenters. The number of unbranched alkanes of at least 4 members (excludes halogenated alkanes) is 21. The van der Waals surface area contributed by atoms with Crippen LogP contribution in [0.5, 0.6) is 0 Å². The minimum Gasteiger partial charge on any atom is -0.462 e. The Kier molecular flexibility index (Phi) is 30.3. The fourth-order valence-electron chi connectivity index (χ4n) is 6.49. The number of ether oxygens (including phenoxy) is 4. The van der Waals surface area contributed by atoms with E-state index in [-0.39, 0.29) is 19.4 Å². The van der Waals surface area contributed by atoms with Gasteiger partial charge in [0.2, 0.25) is 0 Å². The van der Waals surface area contributed by atoms with E-state index in [0.717, 1.165) is 57.8 Å². The van der Waals surface area contributed by atoms with Gasteiger partial charge in [0.1, 0.15) is 36.8 Å². The van der Waals surface area contributed by atoms with Gasteiger partial charge in [-0.25, -0.2) is 0 Å². The molecular formula is C41H76O12S. The Balaban J connectivity index is 2.48. The van der Waals surface area contributed by atoms with Gasteiger partial charge in [-0.2, -0.15) is 8.42 Å². The molecule has 1 rings (SSSR count). The van der Waals surface area contributed by atoms with Crippen molar-refractivity contribution in [1.82, 2.24) is 0 Å². The van der Waals surface area contributed by atoms with Crippen molar-refractivity contribution in [1.29, 1.82) is 0 Å². The highest BCUT2D eigenvalue weighted by atomic mass is 32.2. The summed E-state index contributed by atoms with van der Waals surface area (Å²) in [6.45, 7) is 3.72. The molecule has 13 heteroatoms. The Morgan fingerprint density at radius 2 is 1.06 bits per heavy atom. The second-order valence-corrected chi connectivity index (χ2v) is 16.5. The predicted octanol–water partition coefficient (Wildman–Crippen LogP) is 7.89. The lowest BCUT2D eigenvalue weighted by atomic mass is 10.00. The van der Waals surface area contributed by atoms with E-state index in [0.29, 0.717) is 12.8 Å². The Hall–Kier alpha value is -1.61. The Bertz CT molecular complexity index is 1070. The number of esters is 2. The van der Waals surface area contributed by atoms with E-state index in [9.17, 15) is 37.9 Å². The minimum absolute atomic E-state index is 0.157. The molecule has 0 aromatic carbocycles. The summed E-state index contributed by atoms with van der Waals surface area (Å²) in [5.74, 6) is -1.99. The number of aliphatic hydroxyl groups excluding tert-OH is 3. The van der Waals surface area contributed by atoms with Crippen LogP contribution in [0.4, 0.5) is 0 Å². The second kappa shape index (κ2) is 32.5. The topological polar surface area (TPSA) is 186 Å². The number of allylic oxidation sites excluding steroid dienone is 2. The van der Waals surface area contributed by atoms with Gasteiger partial charge in [-0.1, -0.05) is 142 Å². The fourth-order valence-corrected chi connectivity index (χ4v) is 7.19. The SMILES string of the molecule is CCCCC/C=C/CCCCCCCC(=O)O[C@H](COC(=O)CCCCCCCCCCCCCCCC)CO[C@H]1O[C@H](CS(=O)(=O)O)[C@@H](O)C(O)C1O. The molecule has 0 aliphatic carbocycles. The molecule has 0 amide bonds. The summed E-state index contributed by atoms with van der Waals surface area (Å²) in [5.41, 5.74) is 0. The summed E-state index contributed by atoms with van der Waals surface area (Å²) in [7, 11) is -4.60. The molecule has 0 aromatic rings. The maximum absolute atomic E-state index is 12.7. The third kappa shape index (κ3) is 27.1. The molecule has 1 fully saturated rings. The van der Waals surface area contributed by atoms with Crippen molar-refractivity contribution in [3.05, 3.63) is 12.2 Å². The first kappa shape index (κ1) is 50.4. The monoisotopic (exact) mass is 793 g/mol. The van der Waals surface area contributed by atoms with E-state index in [2.05, 4.69) is 26.0 Å². The van der Waals surface area contributed by atoms with Gasteiger partial charge < -0.3 is 34.3 Å². The molecule has 0 saturated carbocycles. The summed E-state index contributed by atoms with van der Waals surface area (Å²) in [4.78, 5) is 25.3.